The van der Waals surface area contributed by atoms with Crippen LogP contribution in [0.25, 0.3) is 0 Å². The Balaban J connectivity index is 2.14. The molecule has 1 aliphatic rings. The van der Waals surface area contributed by atoms with E-state index >= 15 is 0 Å². The SMILES string of the molecule is FC(F)(F)CN(c1ncc(CBr)cn1)C1CC1. The van der Waals surface area contributed by atoms with Crippen LogP contribution in [-0.2, 0) is 5.33 Å². The first-order valence-electron chi connectivity index (χ1n) is 5.20. The Morgan fingerprint density at radius 2 is 1.88 bits per heavy atom. The summed E-state index contributed by atoms with van der Waals surface area (Å²) in [6.07, 6.45) is 0.422. The Bertz CT molecular complexity index is 375. The fourth-order valence-electron chi connectivity index (χ4n) is 1.51. The fourth-order valence-corrected chi connectivity index (χ4v) is 1.80. The molecule has 94 valence electrons. The van der Waals surface area contributed by atoms with Crippen LogP contribution in [0.2, 0.25) is 0 Å². The number of hydrogen-bond donors (Lipinski definition) is 0. The number of rotatable bonds is 4. The second kappa shape index (κ2) is 4.80. The van der Waals surface area contributed by atoms with Crippen LogP contribution in [0.15, 0.2) is 12.4 Å². The van der Waals surface area contributed by atoms with Crippen molar-refractivity contribution in [1.82, 2.24) is 9.97 Å². The average Bonchev–Trinajstić information content (AvgIpc) is 3.09. The first kappa shape index (κ1) is 12.6. The van der Waals surface area contributed by atoms with Crippen molar-refractivity contribution in [2.24, 2.45) is 0 Å². The minimum Gasteiger partial charge on any atom is -0.329 e. The van der Waals surface area contributed by atoms with E-state index in [4.69, 9.17) is 0 Å². The van der Waals surface area contributed by atoms with E-state index in [1.165, 1.54) is 4.90 Å². The van der Waals surface area contributed by atoms with Crippen LogP contribution in [0.4, 0.5) is 19.1 Å². The van der Waals surface area contributed by atoms with Gasteiger partial charge in [-0.2, -0.15) is 13.2 Å². The van der Waals surface area contributed by atoms with E-state index in [2.05, 4.69) is 25.9 Å². The molecule has 0 bridgehead atoms. The molecule has 0 amide bonds. The molecule has 0 radical (unpaired) electrons. The van der Waals surface area contributed by atoms with Gasteiger partial charge in [-0.1, -0.05) is 15.9 Å². The van der Waals surface area contributed by atoms with Gasteiger partial charge in [0.15, 0.2) is 0 Å². The number of anilines is 1. The van der Waals surface area contributed by atoms with Gasteiger partial charge in [-0.05, 0) is 18.4 Å². The van der Waals surface area contributed by atoms with E-state index in [0.29, 0.717) is 5.33 Å². The molecule has 1 fully saturated rings. The van der Waals surface area contributed by atoms with Crippen molar-refractivity contribution < 1.29 is 13.2 Å². The molecule has 3 nitrogen and oxygen atoms in total. The number of nitrogens with zero attached hydrogens (tertiary/aromatic N) is 3. The zero-order chi connectivity index (χ0) is 12.5. The zero-order valence-electron chi connectivity index (χ0n) is 8.91. The number of alkyl halides is 4. The lowest BCUT2D eigenvalue weighted by atomic mass is 10.4. The van der Waals surface area contributed by atoms with Gasteiger partial charge in [0.2, 0.25) is 5.95 Å². The molecular weight excluding hydrogens is 299 g/mol. The van der Waals surface area contributed by atoms with Crippen molar-refractivity contribution >= 4 is 21.9 Å². The topological polar surface area (TPSA) is 29.0 Å². The van der Waals surface area contributed by atoms with E-state index in [1.807, 2.05) is 0 Å². The zero-order valence-corrected chi connectivity index (χ0v) is 10.5. The minimum atomic E-state index is -4.22. The summed E-state index contributed by atoms with van der Waals surface area (Å²) in [4.78, 5) is 9.19. The van der Waals surface area contributed by atoms with Crippen molar-refractivity contribution in [3.05, 3.63) is 18.0 Å². The molecule has 0 saturated heterocycles. The quantitative estimate of drug-likeness (QED) is 0.801. The lowest BCUT2D eigenvalue weighted by Gasteiger charge is -2.23. The predicted octanol–water partition coefficient (Wildman–Crippen LogP) is 2.90. The molecule has 0 aliphatic heterocycles. The highest BCUT2D eigenvalue weighted by Gasteiger charge is 2.39. The third kappa shape index (κ3) is 3.55. The van der Waals surface area contributed by atoms with Gasteiger partial charge in [0.05, 0.1) is 0 Å². The normalized spacial score (nSPS) is 16.0. The summed E-state index contributed by atoms with van der Waals surface area (Å²) in [7, 11) is 0. The van der Waals surface area contributed by atoms with Crippen molar-refractivity contribution in [1.29, 1.82) is 0 Å². The highest BCUT2D eigenvalue weighted by atomic mass is 79.9. The largest absolute Gasteiger partial charge is 0.406 e. The average molecular weight is 310 g/mol. The summed E-state index contributed by atoms with van der Waals surface area (Å²) >= 11 is 3.24. The summed E-state index contributed by atoms with van der Waals surface area (Å²) in [6, 6.07) is -0.0635. The van der Waals surface area contributed by atoms with E-state index in [-0.39, 0.29) is 12.0 Å². The molecule has 0 unspecified atom stereocenters. The summed E-state index contributed by atoms with van der Waals surface area (Å²) in [5, 5.41) is 0.593. The number of hydrogen-bond acceptors (Lipinski definition) is 3. The van der Waals surface area contributed by atoms with Crippen molar-refractivity contribution in [3.8, 4) is 0 Å². The van der Waals surface area contributed by atoms with Crippen molar-refractivity contribution in [2.75, 3.05) is 11.4 Å². The maximum absolute atomic E-state index is 12.4. The van der Waals surface area contributed by atoms with Gasteiger partial charge in [0.1, 0.15) is 6.54 Å². The number of aromatic nitrogens is 2. The van der Waals surface area contributed by atoms with Crippen LogP contribution in [0.5, 0.6) is 0 Å². The van der Waals surface area contributed by atoms with Gasteiger partial charge in [0, 0.05) is 23.8 Å². The molecule has 17 heavy (non-hydrogen) atoms. The lowest BCUT2D eigenvalue weighted by molar-refractivity contribution is -0.120. The first-order chi connectivity index (χ1) is 7.99. The molecule has 1 aliphatic carbocycles. The minimum absolute atomic E-state index is 0.0635. The lowest BCUT2D eigenvalue weighted by Crippen LogP contribution is -2.37. The standard InChI is InChI=1S/C10H11BrF3N3/c11-3-7-4-15-9(16-5-7)17(8-1-2-8)6-10(12,13)14/h4-5,8H,1-3,6H2. The molecule has 2 rings (SSSR count). The summed E-state index contributed by atoms with van der Waals surface area (Å²) < 4.78 is 37.3. The Hall–Kier alpha value is -0.850. The van der Waals surface area contributed by atoms with Gasteiger partial charge < -0.3 is 4.90 Å². The second-order valence-corrected chi connectivity index (χ2v) is 4.56. The third-order valence-corrected chi connectivity index (χ3v) is 3.09. The number of halogens is 4. The van der Waals surface area contributed by atoms with Gasteiger partial charge in [-0.15, -0.1) is 0 Å². The highest BCUT2D eigenvalue weighted by Crippen LogP contribution is 2.32. The van der Waals surface area contributed by atoms with E-state index in [1.54, 1.807) is 12.4 Å². The Morgan fingerprint density at radius 3 is 2.29 bits per heavy atom. The molecule has 0 spiro atoms. The molecule has 1 aromatic rings. The molecular formula is C10H11BrF3N3. The first-order valence-corrected chi connectivity index (χ1v) is 6.32. The Labute approximate surface area is 105 Å². The van der Waals surface area contributed by atoms with Crippen molar-refractivity contribution in [2.45, 2.75) is 30.4 Å². The van der Waals surface area contributed by atoms with Crippen LogP contribution >= 0.6 is 15.9 Å². The third-order valence-electron chi connectivity index (χ3n) is 2.44. The van der Waals surface area contributed by atoms with Gasteiger partial charge in [0.25, 0.3) is 0 Å². The van der Waals surface area contributed by atoms with E-state index < -0.39 is 12.7 Å². The maximum Gasteiger partial charge on any atom is 0.406 e. The van der Waals surface area contributed by atoms with Gasteiger partial charge in [-0.3, -0.25) is 0 Å². The van der Waals surface area contributed by atoms with Gasteiger partial charge in [-0.25, -0.2) is 9.97 Å². The van der Waals surface area contributed by atoms with Crippen LogP contribution < -0.4 is 4.90 Å². The Morgan fingerprint density at radius 1 is 1.29 bits per heavy atom. The van der Waals surface area contributed by atoms with E-state index in [0.717, 1.165) is 18.4 Å². The maximum atomic E-state index is 12.4. The Kier molecular flexibility index (Phi) is 3.56. The summed E-state index contributed by atoms with van der Waals surface area (Å²) in [5.74, 6) is 0.162. The molecule has 1 heterocycles. The van der Waals surface area contributed by atoms with Crippen LogP contribution in [0.1, 0.15) is 18.4 Å². The van der Waals surface area contributed by atoms with Crippen LogP contribution in [0, 0.1) is 0 Å². The van der Waals surface area contributed by atoms with Gasteiger partial charge >= 0.3 is 6.18 Å². The molecule has 1 aromatic heterocycles. The van der Waals surface area contributed by atoms with Crippen molar-refractivity contribution in [3.63, 3.8) is 0 Å². The monoisotopic (exact) mass is 309 g/mol. The molecule has 0 N–H and O–H groups in total. The summed E-state index contributed by atoms with van der Waals surface area (Å²) in [6.45, 7) is -0.981. The van der Waals surface area contributed by atoms with Crippen LogP contribution in [0.3, 0.4) is 0 Å². The van der Waals surface area contributed by atoms with E-state index in [9.17, 15) is 13.2 Å². The smallest absolute Gasteiger partial charge is 0.329 e. The molecule has 0 atom stereocenters. The summed E-state index contributed by atoms with van der Waals surface area (Å²) in [5.41, 5.74) is 0.844. The fraction of sp³-hybridized carbons (Fsp3) is 0.600. The highest BCUT2D eigenvalue weighted by molar-refractivity contribution is 9.08. The molecule has 7 heteroatoms. The van der Waals surface area contributed by atoms with Crippen LogP contribution in [-0.4, -0.2) is 28.7 Å². The predicted molar refractivity (Wildman–Crippen MR) is 61.1 cm³/mol. The molecule has 1 saturated carbocycles. The molecule has 0 aromatic carbocycles. The second-order valence-electron chi connectivity index (χ2n) is 4.00.